The molecule has 1 saturated heterocycles. The van der Waals surface area contributed by atoms with Crippen LogP contribution in [-0.4, -0.2) is 81.9 Å². The van der Waals surface area contributed by atoms with Gasteiger partial charge in [-0.2, -0.15) is 12.7 Å². The largest absolute Gasteiger partial charge is 0.493 e. The van der Waals surface area contributed by atoms with Crippen LogP contribution in [0.3, 0.4) is 0 Å². The summed E-state index contributed by atoms with van der Waals surface area (Å²) in [7, 11) is 0.309. The molecule has 0 saturated carbocycles. The predicted molar refractivity (Wildman–Crippen MR) is 142 cm³/mol. The van der Waals surface area contributed by atoms with Crippen LogP contribution in [0.25, 0.3) is 0 Å². The van der Waals surface area contributed by atoms with E-state index in [9.17, 15) is 13.2 Å². The van der Waals surface area contributed by atoms with Gasteiger partial charge in [0, 0.05) is 50.4 Å². The lowest BCUT2D eigenvalue weighted by molar-refractivity contribution is 0.0911. The number of amides is 1. The molecule has 1 fully saturated rings. The van der Waals surface area contributed by atoms with Crippen LogP contribution in [0.4, 0.5) is 0 Å². The third-order valence-electron chi connectivity index (χ3n) is 5.91. The van der Waals surface area contributed by atoms with Crippen LogP contribution >= 0.6 is 12.4 Å². The fourth-order valence-corrected chi connectivity index (χ4v) is 4.74. The van der Waals surface area contributed by atoms with Crippen molar-refractivity contribution in [3.05, 3.63) is 53.1 Å². The minimum absolute atomic E-state index is 0. The Labute approximate surface area is 223 Å². The maximum Gasteiger partial charge on any atom is 0.308 e. The highest BCUT2D eigenvalue weighted by molar-refractivity contribution is 7.87. The zero-order valence-corrected chi connectivity index (χ0v) is 22.6. The number of nitrogens with two attached hydrogens (primary N) is 2. The van der Waals surface area contributed by atoms with Gasteiger partial charge in [0.2, 0.25) is 11.7 Å². The smallest absolute Gasteiger partial charge is 0.308 e. The number of benzene rings is 2. The van der Waals surface area contributed by atoms with Crippen molar-refractivity contribution in [2.45, 2.75) is 13.1 Å². The number of hydrogen-bond donors (Lipinski definition) is 3. The van der Waals surface area contributed by atoms with Gasteiger partial charge < -0.3 is 19.9 Å². The molecule has 14 heteroatoms. The maximum atomic E-state index is 12.4. The van der Waals surface area contributed by atoms with Gasteiger partial charge in [-0.3, -0.25) is 20.0 Å². The van der Waals surface area contributed by atoms with Gasteiger partial charge >= 0.3 is 10.2 Å². The molecule has 2 aromatic carbocycles. The number of nitrogens with zero attached hydrogens (tertiary/aromatic N) is 3. The molecule has 5 N–H and O–H groups in total. The van der Waals surface area contributed by atoms with Gasteiger partial charge in [-0.05, 0) is 23.8 Å². The summed E-state index contributed by atoms with van der Waals surface area (Å²) in [5.74, 6) is -0.0755. The van der Waals surface area contributed by atoms with E-state index in [-0.39, 0.29) is 22.3 Å². The van der Waals surface area contributed by atoms with E-state index in [2.05, 4.69) is 9.80 Å². The quantitative estimate of drug-likeness (QED) is 0.301. The van der Waals surface area contributed by atoms with Gasteiger partial charge in [-0.1, -0.05) is 18.2 Å². The number of hydrogen-bond acceptors (Lipinski definition) is 9. The van der Waals surface area contributed by atoms with E-state index in [0.717, 1.165) is 37.3 Å². The predicted octanol–water partition coefficient (Wildman–Crippen LogP) is 0.991. The van der Waals surface area contributed by atoms with Crippen LogP contribution in [-0.2, 0) is 23.3 Å². The second-order valence-electron chi connectivity index (χ2n) is 8.24. The Morgan fingerprint density at radius 3 is 1.92 bits per heavy atom. The molecule has 37 heavy (non-hydrogen) atoms. The zero-order valence-electron chi connectivity index (χ0n) is 21.0. The first-order chi connectivity index (χ1) is 17.1. The molecule has 1 amide bonds. The Bertz CT molecular complexity index is 1200. The normalized spacial score (nSPS) is 14.4. The summed E-state index contributed by atoms with van der Waals surface area (Å²) >= 11 is 0. The molecule has 12 nitrogen and oxygen atoms in total. The molecule has 0 atom stereocenters. The lowest BCUT2D eigenvalue weighted by Crippen LogP contribution is -2.48. The standard InChI is InChI=1S/C23H32N6O6S.ClH/c1-33-19-9-8-18(20(34-2)21(19)35-3)15-28-12-10-27(11-13-28)14-16-4-6-17(7-5-16)22(30)29(23(24)25)36(26,31)32;/h4-9H,10-15H2,1-3H3,(H3,24,25)(H2,26,31,32);1H. The molecule has 1 heterocycles. The third kappa shape index (κ3) is 7.23. The number of guanidine groups is 1. The molecule has 0 spiro atoms. The lowest BCUT2D eigenvalue weighted by Gasteiger charge is -2.35. The van der Waals surface area contributed by atoms with E-state index in [1.807, 2.05) is 12.1 Å². The van der Waals surface area contributed by atoms with Gasteiger partial charge in [-0.15, -0.1) is 12.4 Å². The summed E-state index contributed by atoms with van der Waals surface area (Å²) in [6.45, 7) is 4.80. The number of halogens is 1. The van der Waals surface area contributed by atoms with Crippen molar-refractivity contribution in [1.29, 1.82) is 5.41 Å². The van der Waals surface area contributed by atoms with Gasteiger partial charge in [-0.25, -0.2) is 5.14 Å². The molecule has 0 radical (unpaired) electrons. The van der Waals surface area contributed by atoms with Crippen LogP contribution in [0, 0.1) is 5.41 Å². The summed E-state index contributed by atoms with van der Waals surface area (Å²) in [6, 6.07) is 10.3. The van der Waals surface area contributed by atoms with Crippen molar-refractivity contribution in [1.82, 2.24) is 14.1 Å². The molecule has 204 valence electrons. The minimum atomic E-state index is -4.48. The summed E-state index contributed by atoms with van der Waals surface area (Å²) in [6.07, 6.45) is 0. The van der Waals surface area contributed by atoms with Crippen LogP contribution in [0.2, 0.25) is 0 Å². The third-order valence-corrected chi connectivity index (χ3v) is 6.78. The Morgan fingerprint density at radius 1 is 0.919 bits per heavy atom. The highest BCUT2D eigenvalue weighted by atomic mass is 35.5. The Kier molecular flexibility index (Phi) is 10.5. The van der Waals surface area contributed by atoms with Crippen LogP contribution < -0.4 is 25.1 Å². The molecule has 0 aliphatic carbocycles. The average molecular weight is 557 g/mol. The summed E-state index contributed by atoms with van der Waals surface area (Å²) in [5.41, 5.74) is 7.27. The number of ether oxygens (including phenoxy) is 3. The van der Waals surface area contributed by atoms with E-state index < -0.39 is 22.1 Å². The molecule has 0 unspecified atom stereocenters. The molecule has 2 aromatic rings. The second-order valence-corrected chi connectivity index (χ2v) is 9.64. The molecule has 0 aromatic heterocycles. The van der Waals surface area contributed by atoms with E-state index in [0.29, 0.717) is 30.3 Å². The first-order valence-electron chi connectivity index (χ1n) is 11.1. The SMILES string of the molecule is COc1ccc(CN2CCN(Cc3ccc(C(=O)N(C(=N)N)S(N)(=O)=O)cc3)CC2)c(OC)c1OC.Cl. The average Bonchev–Trinajstić information content (AvgIpc) is 2.84. The lowest BCUT2D eigenvalue weighted by atomic mass is 10.1. The maximum absolute atomic E-state index is 12.4. The number of nitrogens with one attached hydrogen (secondary N) is 1. The fraction of sp³-hybridized carbons (Fsp3) is 0.391. The van der Waals surface area contributed by atoms with E-state index in [1.54, 1.807) is 33.5 Å². The number of rotatable bonds is 9. The van der Waals surface area contributed by atoms with Crippen LogP contribution in [0.5, 0.6) is 17.2 Å². The van der Waals surface area contributed by atoms with E-state index in [1.165, 1.54) is 12.1 Å². The number of piperazine rings is 1. The first-order valence-corrected chi connectivity index (χ1v) is 12.6. The Balaban J connectivity index is 0.00000481. The van der Waals surface area contributed by atoms with Gasteiger partial charge in [0.25, 0.3) is 5.91 Å². The molecular weight excluding hydrogens is 524 g/mol. The van der Waals surface area contributed by atoms with Crippen LogP contribution in [0.15, 0.2) is 36.4 Å². The molecule has 1 aliphatic heterocycles. The summed E-state index contributed by atoms with van der Waals surface area (Å²) in [5, 5.41) is 12.3. The molecule has 0 bridgehead atoms. The number of carbonyl (C=O) groups is 1. The van der Waals surface area contributed by atoms with Crippen molar-refractivity contribution in [3.8, 4) is 17.2 Å². The second kappa shape index (κ2) is 12.9. The van der Waals surface area contributed by atoms with Crippen LogP contribution in [0.1, 0.15) is 21.5 Å². The van der Waals surface area contributed by atoms with Gasteiger partial charge in [0.05, 0.1) is 21.3 Å². The highest BCUT2D eigenvalue weighted by Gasteiger charge is 2.28. The van der Waals surface area contributed by atoms with Crippen molar-refractivity contribution in [2.24, 2.45) is 10.9 Å². The fourth-order valence-electron chi connectivity index (χ4n) is 4.12. The van der Waals surface area contributed by atoms with Crippen molar-refractivity contribution in [2.75, 3.05) is 47.5 Å². The Hall–Kier alpha value is -3.10. The minimum Gasteiger partial charge on any atom is -0.493 e. The van der Waals surface area contributed by atoms with Crippen molar-refractivity contribution >= 4 is 34.5 Å². The van der Waals surface area contributed by atoms with E-state index >= 15 is 0 Å². The summed E-state index contributed by atoms with van der Waals surface area (Å²) < 4.78 is 39.7. The topological polar surface area (TPSA) is 165 Å². The van der Waals surface area contributed by atoms with Gasteiger partial charge in [0.15, 0.2) is 11.5 Å². The first kappa shape index (κ1) is 30.1. The molecule has 1 aliphatic rings. The van der Waals surface area contributed by atoms with Crippen molar-refractivity contribution in [3.63, 3.8) is 0 Å². The van der Waals surface area contributed by atoms with Gasteiger partial charge in [0.1, 0.15) is 0 Å². The molecule has 3 rings (SSSR count). The number of carbonyl (C=O) groups excluding carboxylic acids is 1. The monoisotopic (exact) mass is 556 g/mol. The summed E-state index contributed by atoms with van der Waals surface area (Å²) in [4.78, 5) is 17.1. The van der Waals surface area contributed by atoms with Crippen molar-refractivity contribution < 1.29 is 27.4 Å². The van der Waals surface area contributed by atoms with E-state index in [4.69, 9.17) is 30.5 Å². The molecular formula is C23H33ClN6O6S. The Morgan fingerprint density at radius 2 is 1.46 bits per heavy atom. The zero-order chi connectivity index (χ0) is 26.5. The highest BCUT2D eigenvalue weighted by Crippen LogP contribution is 2.40. The number of methoxy groups -OCH3 is 3.